The minimum Gasteiger partial charge on any atom is -0.497 e. The lowest BCUT2D eigenvalue weighted by Gasteiger charge is -2.13. The minimum absolute atomic E-state index is 0.118. The predicted molar refractivity (Wildman–Crippen MR) is 132 cm³/mol. The number of ether oxygens (including phenoxy) is 3. The van der Waals surface area contributed by atoms with Crippen LogP contribution in [0.25, 0.3) is 6.08 Å². The number of nitrogens with one attached hydrogen (secondary N) is 2. The van der Waals surface area contributed by atoms with Gasteiger partial charge in [-0.15, -0.1) is 0 Å². The monoisotopic (exact) mass is 482 g/mol. The lowest BCUT2D eigenvalue weighted by molar-refractivity contribution is -0.111. The van der Waals surface area contributed by atoms with Crippen molar-refractivity contribution in [3.05, 3.63) is 77.9 Å². The Hall–Kier alpha value is -3.98. The third-order valence-electron chi connectivity index (χ3n) is 4.86. The van der Waals surface area contributed by atoms with Gasteiger partial charge >= 0.3 is 0 Å². The van der Waals surface area contributed by atoms with Crippen LogP contribution in [0.3, 0.4) is 0 Å². The number of aryl methyl sites for hydroxylation is 1. The Balaban J connectivity index is 1.81. The molecule has 0 aromatic heterocycles. The molecule has 0 saturated heterocycles. The van der Waals surface area contributed by atoms with Crippen LogP contribution in [-0.2, 0) is 14.8 Å². The van der Waals surface area contributed by atoms with Gasteiger partial charge in [0.05, 0.1) is 21.3 Å². The number of hydrogen-bond donors (Lipinski definition) is 2. The summed E-state index contributed by atoms with van der Waals surface area (Å²) >= 11 is 0. The number of carbonyl (C=O) groups is 1. The molecule has 1 amide bonds. The molecule has 0 unspecified atom stereocenters. The van der Waals surface area contributed by atoms with Gasteiger partial charge in [0.25, 0.3) is 10.0 Å². The fraction of sp³-hybridized carbons (Fsp3) is 0.160. The van der Waals surface area contributed by atoms with E-state index in [4.69, 9.17) is 14.2 Å². The van der Waals surface area contributed by atoms with Crippen LogP contribution >= 0.6 is 0 Å². The first-order chi connectivity index (χ1) is 16.2. The number of methoxy groups -OCH3 is 3. The fourth-order valence-electron chi connectivity index (χ4n) is 3.17. The van der Waals surface area contributed by atoms with Crippen molar-refractivity contribution in [2.45, 2.75) is 11.8 Å². The molecule has 0 spiro atoms. The number of carbonyl (C=O) groups excluding carboxylic acids is 1. The van der Waals surface area contributed by atoms with E-state index >= 15 is 0 Å². The Morgan fingerprint density at radius 3 is 2.12 bits per heavy atom. The molecule has 0 heterocycles. The Kier molecular flexibility index (Phi) is 7.80. The zero-order valence-electron chi connectivity index (χ0n) is 19.3. The van der Waals surface area contributed by atoms with Crippen LogP contribution in [0.1, 0.15) is 11.1 Å². The third kappa shape index (κ3) is 6.08. The Bertz CT molecular complexity index is 1300. The van der Waals surface area contributed by atoms with Gasteiger partial charge in [-0.25, -0.2) is 8.42 Å². The van der Waals surface area contributed by atoms with E-state index in [0.717, 1.165) is 11.1 Å². The number of anilines is 2. The van der Waals surface area contributed by atoms with Crippen molar-refractivity contribution in [1.82, 2.24) is 0 Å². The molecule has 0 fully saturated rings. The molecule has 0 atom stereocenters. The van der Waals surface area contributed by atoms with Crippen molar-refractivity contribution in [2.24, 2.45) is 0 Å². The summed E-state index contributed by atoms with van der Waals surface area (Å²) in [5.41, 5.74) is 2.42. The zero-order chi connectivity index (χ0) is 24.7. The molecule has 0 saturated carbocycles. The highest BCUT2D eigenvalue weighted by atomic mass is 32.2. The molecule has 0 bridgehead atoms. The van der Waals surface area contributed by atoms with E-state index in [2.05, 4.69) is 10.0 Å². The average molecular weight is 483 g/mol. The lowest BCUT2D eigenvalue weighted by atomic mass is 10.1. The molecule has 2 N–H and O–H groups in total. The number of amides is 1. The quantitative estimate of drug-likeness (QED) is 0.436. The second-order valence-electron chi connectivity index (χ2n) is 7.27. The summed E-state index contributed by atoms with van der Waals surface area (Å²) in [6.07, 6.45) is 2.99. The molecule has 0 aliphatic rings. The molecule has 34 heavy (non-hydrogen) atoms. The Labute approximate surface area is 199 Å². The molecule has 3 aromatic carbocycles. The molecule has 8 nitrogen and oxygen atoms in total. The van der Waals surface area contributed by atoms with E-state index in [1.54, 1.807) is 43.5 Å². The van der Waals surface area contributed by atoms with Crippen molar-refractivity contribution in [2.75, 3.05) is 31.4 Å². The molecule has 0 radical (unpaired) electrons. The summed E-state index contributed by atoms with van der Waals surface area (Å²) in [5.74, 6) is 0.942. The normalized spacial score (nSPS) is 11.2. The summed E-state index contributed by atoms with van der Waals surface area (Å²) in [4.78, 5) is 12.4. The first-order valence-corrected chi connectivity index (χ1v) is 11.7. The highest BCUT2D eigenvalue weighted by Gasteiger charge is 2.21. The van der Waals surface area contributed by atoms with Crippen LogP contribution in [0.5, 0.6) is 17.2 Å². The van der Waals surface area contributed by atoms with Gasteiger partial charge < -0.3 is 19.5 Å². The molecule has 0 aliphatic heterocycles. The van der Waals surface area contributed by atoms with Crippen molar-refractivity contribution in [3.63, 3.8) is 0 Å². The van der Waals surface area contributed by atoms with Gasteiger partial charge in [0, 0.05) is 23.0 Å². The number of hydrogen-bond acceptors (Lipinski definition) is 6. The van der Waals surface area contributed by atoms with Crippen LogP contribution in [0.15, 0.2) is 71.6 Å². The van der Waals surface area contributed by atoms with Gasteiger partial charge in [-0.2, -0.15) is 0 Å². The number of sulfonamides is 1. The SMILES string of the molecule is COc1ccc(NS(=O)(=O)c2cc(NC(=O)/C=C/c3cc(C)ccc3OC)ccc2OC)cc1. The topological polar surface area (TPSA) is 103 Å². The smallest absolute Gasteiger partial charge is 0.265 e. The van der Waals surface area contributed by atoms with Gasteiger partial charge in [-0.3, -0.25) is 9.52 Å². The molecule has 3 aromatic rings. The van der Waals surface area contributed by atoms with Gasteiger partial charge in [0.15, 0.2) is 0 Å². The van der Waals surface area contributed by atoms with E-state index in [1.165, 1.54) is 32.4 Å². The predicted octanol–water partition coefficient (Wildman–Crippen LogP) is 4.47. The molecule has 178 valence electrons. The summed E-state index contributed by atoms with van der Waals surface area (Å²) in [7, 11) is 0.449. The fourth-order valence-corrected chi connectivity index (χ4v) is 4.42. The van der Waals surface area contributed by atoms with Gasteiger partial charge in [0.1, 0.15) is 22.1 Å². The molecule has 3 rings (SSSR count). The van der Waals surface area contributed by atoms with Crippen molar-refractivity contribution < 1.29 is 27.4 Å². The van der Waals surface area contributed by atoms with E-state index < -0.39 is 15.9 Å². The second-order valence-corrected chi connectivity index (χ2v) is 8.92. The first kappa shape index (κ1) is 24.7. The summed E-state index contributed by atoms with van der Waals surface area (Å²) in [6.45, 7) is 1.94. The minimum atomic E-state index is -4.00. The van der Waals surface area contributed by atoms with Crippen LogP contribution in [-0.4, -0.2) is 35.7 Å². The van der Waals surface area contributed by atoms with E-state index in [-0.39, 0.29) is 10.6 Å². The summed E-state index contributed by atoms with van der Waals surface area (Å²) in [6, 6.07) is 16.4. The molecule has 0 aliphatic carbocycles. The maximum Gasteiger partial charge on any atom is 0.265 e. The largest absolute Gasteiger partial charge is 0.497 e. The molecule has 9 heteroatoms. The number of rotatable bonds is 9. The van der Waals surface area contributed by atoms with Crippen LogP contribution in [0, 0.1) is 6.92 Å². The maximum atomic E-state index is 13.0. The maximum absolute atomic E-state index is 13.0. The standard InChI is InChI=1S/C25H26N2O6S/c1-17-5-12-22(32-3)18(15-17)6-14-25(28)26-20-9-13-23(33-4)24(16-20)34(29,30)27-19-7-10-21(31-2)11-8-19/h5-16,27H,1-4H3,(H,26,28)/b14-6+. The second kappa shape index (κ2) is 10.8. The van der Waals surface area contributed by atoms with E-state index in [9.17, 15) is 13.2 Å². The lowest BCUT2D eigenvalue weighted by Crippen LogP contribution is -2.15. The van der Waals surface area contributed by atoms with Crippen LogP contribution < -0.4 is 24.2 Å². The Morgan fingerprint density at radius 2 is 1.47 bits per heavy atom. The van der Waals surface area contributed by atoms with Crippen LogP contribution in [0.4, 0.5) is 11.4 Å². The van der Waals surface area contributed by atoms with Crippen LogP contribution in [0.2, 0.25) is 0 Å². The van der Waals surface area contributed by atoms with Gasteiger partial charge in [-0.05, 0) is 67.6 Å². The highest BCUT2D eigenvalue weighted by Crippen LogP contribution is 2.29. The van der Waals surface area contributed by atoms with Crippen molar-refractivity contribution >= 4 is 33.4 Å². The Morgan fingerprint density at radius 1 is 0.824 bits per heavy atom. The number of benzene rings is 3. The molecular formula is C25H26N2O6S. The van der Waals surface area contributed by atoms with Gasteiger partial charge in [0.2, 0.25) is 5.91 Å². The van der Waals surface area contributed by atoms with E-state index in [1.807, 2.05) is 25.1 Å². The highest BCUT2D eigenvalue weighted by molar-refractivity contribution is 7.92. The third-order valence-corrected chi connectivity index (χ3v) is 6.26. The first-order valence-electron chi connectivity index (χ1n) is 10.2. The van der Waals surface area contributed by atoms with E-state index in [0.29, 0.717) is 22.9 Å². The van der Waals surface area contributed by atoms with Crippen molar-refractivity contribution in [1.29, 1.82) is 0 Å². The van der Waals surface area contributed by atoms with Gasteiger partial charge in [-0.1, -0.05) is 11.6 Å². The van der Waals surface area contributed by atoms with Crippen molar-refractivity contribution in [3.8, 4) is 17.2 Å². The average Bonchev–Trinajstić information content (AvgIpc) is 2.83. The summed E-state index contributed by atoms with van der Waals surface area (Å²) < 4.78 is 44.2. The summed E-state index contributed by atoms with van der Waals surface area (Å²) in [5, 5.41) is 2.68. The molecular weight excluding hydrogens is 456 g/mol. The zero-order valence-corrected chi connectivity index (χ0v) is 20.1.